The van der Waals surface area contributed by atoms with Crippen LogP contribution in [0.3, 0.4) is 0 Å². The fourth-order valence-electron chi connectivity index (χ4n) is 1.34. The van der Waals surface area contributed by atoms with Crippen LogP contribution in [0.5, 0.6) is 0 Å². The number of nitro groups is 2. The number of benzene rings is 1. The van der Waals surface area contributed by atoms with E-state index in [-0.39, 0.29) is 0 Å². The van der Waals surface area contributed by atoms with E-state index in [0.717, 1.165) is 18.2 Å². The lowest BCUT2D eigenvalue weighted by molar-refractivity contribution is -0.399. The Kier molecular flexibility index (Phi) is 3.93. The Hall–Kier alpha value is -2.07. The van der Waals surface area contributed by atoms with Crippen molar-refractivity contribution in [2.45, 2.75) is 4.90 Å². The van der Waals surface area contributed by atoms with E-state index < -0.39 is 48.3 Å². The summed E-state index contributed by atoms with van der Waals surface area (Å²) in [7, 11) is -4.30. The third-order valence-corrected chi connectivity index (χ3v) is 3.80. The SMILES string of the molecule is O=[N+]([O-])c1cccc([N+](=O)[O-])c1S(=O)(=O)CCO. The van der Waals surface area contributed by atoms with E-state index in [9.17, 15) is 28.6 Å². The molecule has 10 heteroatoms. The smallest absolute Gasteiger partial charge is 0.295 e. The zero-order valence-electron chi connectivity index (χ0n) is 8.85. The number of hydrogen-bond acceptors (Lipinski definition) is 7. The van der Waals surface area contributed by atoms with E-state index in [1.165, 1.54) is 0 Å². The highest BCUT2D eigenvalue weighted by molar-refractivity contribution is 7.91. The van der Waals surface area contributed by atoms with E-state index in [0.29, 0.717) is 0 Å². The Labute approximate surface area is 101 Å². The summed E-state index contributed by atoms with van der Waals surface area (Å²) in [5, 5.41) is 30.0. The molecule has 0 aromatic heterocycles. The molecular formula is C8H8N2O7S. The van der Waals surface area contributed by atoms with Crippen molar-refractivity contribution in [3.8, 4) is 0 Å². The molecule has 0 aliphatic heterocycles. The van der Waals surface area contributed by atoms with Crippen LogP contribution < -0.4 is 0 Å². The fourth-order valence-corrected chi connectivity index (χ4v) is 2.71. The number of rotatable bonds is 5. The molecule has 98 valence electrons. The minimum Gasteiger partial charge on any atom is -0.395 e. The first-order chi connectivity index (χ1) is 8.31. The maximum atomic E-state index is 11.7. The molecule has 0 saturated carbocycles. The van der Waals surface area contributed by atoms with E-state index in [1.54, 1.807) is 0 Å². The predicted octanol–water partition coefficient (Wildman–Crippen LogP) is 0.269. The van der Waals surface area contributed by atoms with Gasteiger partial charge < -0.3 is 5.11 Å². The van der Waals surface area contributed by atoms with Gasteiger partial charge in [0.2, 0.25) is 4.90 Å². The molecule has 0 bridgehead atoms. The maximum absolute atomic E-state index is 11.7. The van der Waals surface area contributed by atoms with E-state index >= 15 is 0 Å². The van der Waals surface area contributed by atoms with Crippen LogP contribution >= 0.6 is 0 Å². The highest BCUT2D eigenvalue weighted by Crippen LogP contribution is 2.33. The van der Waals surface area contributed by atoms with E-state index in [2.05, 4.69) is 0 Å². The lowest BCUT2D eigenvalue weighted by Gasteiger charge is -2.04. The quantitative estimate of drug-likeness (QED) is 0.600. The summed E-state index contributed by atoms with van der Waals surface area (Å²) in [6.07, 6.45) is 0. The molecule has 18 heavy (non-hydrogen) atoms. The maximum Gasteiger partial charge on any atom is 0.295 e. The van der Waals surface area contributed by atoms with Crippen LogP contribution in [0.25, 0.3) is 0 Å². The second-order valence-electron chi connectivity index (χ2n) is 3.18. The second kappa shape index (κ2) is 5.06. The largest absolute Gasteiger partial charge is 0.395 e. The van der Waals surface area contributed by atoms with Gasteiger partial charge in [0.1, 0.15) is 0 Å². The zero-order chi connectivity index (χ0) is 13.9. The minimum atomic E-state index is -4.30. The van der Waals surface area contributed by atoms with Crippen LogP contribution in [-0.4, -0.2) is 35.7 Å². The molecule has 0 spiro atoms. The lowest BCUT2D eigenvalue weighted by Crippen LogP contribution is -2.14. The van der Waals surface area contributed by atoms with Crippen molar-refractivity contribution in [1.82, 2.24) is 0 Å². The van der Waals surface area contributed by atoms with Gasteiger partial charge in [-0.2, -0.15) is 0 Å². The molecule has 0 radical (unpaired) electrons. The third-order valence-electron chi connectivity index (χ3n) is 2.04. The number of nitro benzene ring substituents is 2. The minimum absolute atomic E-state index is 0.786. The van der Waals surface area contributed by atoms with Crippen molar-refractivity contribution in [1.29, 1.82) is 0 Å². The third kappa shape index (κ3) is 2.60. The van der Waals surface area contributed by atoms with Crippen LogP contribution in [0.15, 0.2) is 23.1 Å². The van der Waals surface area contributed by atoms with Crippen LogP contribution in [0, 0.1) is 20.2 Å². The average molecular weight is 276 g/mol. The molecule has 0 unspecified atom stereocenters. The summed E-state index contributed by atoms with van der Waals surface area (Å²) < 4.78 is 23.4. The molecule has 0 fully saturated rings. The van der Waals surface area contributed by atoms with Gasteiger partial charge >= 0.3 is 0 Å². The normalized spacial score (nSPS) is 11.2. The molecule has 1 N–H and O–H groups in total. The molecule has 1 aromatic rings. The topological polar surface area (TPSA) is 141 Å². The predicted molar refractivity (Wildman–Crippen MR) is 58.9 cm³/mol. The Morgan fingerprint density at radius 1 is 1.11 bits per heavy atom. The van der Waals surface area contributed by atoms with Crippen molar-refractivity contribution in [2.75, 3.05) is 12.4 Å². The molecular weight excluding hydrogens is 268 g/mol. The summed E-state index contributed by atoms with van der Waals surface area (Å²) in [5.41, 5.74) is -1.75. The first-order valence-corrected chi connectivity index (χ1v) is 6.22. The van der Waals surface area contributed by atoms with Crippen LogP contribution in [0.4, 0.5) is 11.4 Å². The Bertz CT molecular complexity index is 563. The van der Waals surface area contributed by atoms with Gasteiger partial charge in [-0.3, -0.25) is 20.2 Å². The summed E-state index contributed by atoms with van der Waals surface area (Å²) in [6, 6.07) is 2.74. The molecule has 0 atom stereocenters. The molecule has 0 amide bonds. The highest BCUT2D eigenvalue weighted by atomic mass is 32.2. The van der Waals surface area contributed by atoms with E-state index in [4.69, 9.17) is 5.11 Å². The van der Waals surface area contributed by atoms with Crippen molar-refractivity contribution >= 4 is 21.2 Å². The van der Waals surface area contributed by atoms with Crippen molar-refractivity contribution < 1.29 is 23.4 Å². The first-order valence-electron chi connectivity index (χ1n) is 4.56. The zero-order valence-corrected chi connectivity index (χ0v) is 9.66. The van der Waals surface area contributed by atoms with Crippen LogP contribution in [0.2, 0.25) is 0 Å². The molecule has 0 aliphatic rings. The van der Waals surface area contributed by atoms with Crippen LogP contribution in [0.1, 0.15) is 0 Å². The fraction of sp³-hybridized carbons (Fsp3) is 0.250. The second-order valence-corrected chi connectivity index (χ2v) is 5.23. The number of hydrogen-bond donors (Lipinski definition) is 1. The molecule has 1 rings (SSSR count). The Morgan fingerprint density at radius 2 is 1.56 bits per heavy atom. The molecule has 0 saturated heterocycles. The summed E-state index contributed by atoms with van der Waals surface area (Å²) in [5.74, 6) is -0.821. The number of aliphatic hydroxyl groups excluding tert-OH is 1. The Morgan fingerprint density at radius 3 is 1.89 bits per heavy atom. The average Bonchev–Trinajstić information content (AvgIpc) is 2.27. The standard InChI is InChI=1S/C8H8N2O7S/c11-4-5-18(16,17)8-6(9(12)13)2-1-3-7(8)10(14)15/h1-3,11H,4-5H2. The summed E-state index contributed by atoms with van der Waals surface area (Å²) in [6.45, 7) is -0.786. The summed E-state index contributed by atoms with van der Waals surface area (Å²) in [4.78, 5) is 18.4. The Balaban J connectivity index is 3.66. The van der Waals surface area contributed by atoms with Gasteiger partial charge in [0.15, 0.2) is 9.84 Å². The van der Waals surface area contributed by atoms with Gasteiger partial charge in [-0.25, -0.2) is 8.42 Å². The number of aliphatic hydroxyl groups is 1. The molecule has 9 nitrogen and oxygen atoms in total. The van der Waals surface area contributed by atoms with Gasteiger partial charge in [0.05, 0.1) is 22.2 Å². The van der Waals surface area contributed by atoms with Crippen molar-refractivity contribution in [2.24, 2.45) is 0 Å². The molecule has 0 heterocycles. The monoisotopic (exact) mass is 276 g/mol. The van der Waals surface area contributed by atoms with Crippen LogP contribution in [-0.2, 0) is 9.84 Å². The van der Waals surface area contributed by atoms with Gasteiger partial charge in [0, 0.05) is 12.1 Å². The van der Waals surface area contributed by atoms with Crippen molar-refractivity contribution in [3.63, 3.8) is 0 Å². The first kappa shape index (κ1) is 14.0. The van der Waals surface area contributed by atoms with Gasteiger partial charge in [-0.05, 0) is 6.07 Å². The molecule has 1 aromatic carbocycles. The number of nitrogens with zero attached hydrogens (tertiary/aromatic N) is 2. The van der Waals surface area contributed by atoms with Gasteiger partial charge in [-0.1, -0.05) is 0 Å². The van der Waals surface area contributed by atoms with Crippen molar-refractivity contribution in [3.05, 3.63) is 38.4 Å². The molecule has 0 aliphatic carbocycles. The van der Waals surface area contributed by atoms with Gasteiger partial charge in [-0.15, -0.1) is 0 Å². The summed E-state index contributed by atoms with van der Waals surface area (Å²) >= 11 is 0. The number of sulfone groups is 1. The highest BCUT2D eigenvalue weighted by Gasteiger charge is 2.34. The lowest BCUT2D eigenvalue weighted by atomic mass is 10.3. The van der Waals surface area contributed by atoms with Gasteiger partial charge in [0.25, 0.3) is 11.4 Å². The van der Waals surface area contributed by atoms with E-state index in [1.807, 2.05) is 0 Å².